The SMILES string of the molecule is CCCCNC(=O)C1N([C@H](C)CO)C(=O)[C@@H]2[C@H](C(=O)NC)[C@H]3SC12CC3Br. The molecule has 0 radical (unpaired) electrons. The number of hydrogen-bond acceptors (Lipinski definition) is 5. The molecule has 2 bridgehead atoms. The molecule has 3 unspecified atom stereocenters. The van der Waals surface area contributed by atoms with Crippen molar-refractivity contribution in [1.29, 1.82) is 0 Å². The zero-order valence-electron chi connectivity index (χ0n) is 15.9. The number of hydrogen-bond donors (Lipinski definition) is 3. The standard InChI is InChI=1S/C18H28BrN3O4S/c1-4-5-6-21-16(25)14-18-7-10(19)13(27-18)11(15(24)20-3)12(18)17(26)22(14)9(2)8-23/h9-14,23H,4-8H2,1-3H3,(H,20,24)(H,21,25)/t9-,10?,11+,12+,13+,14?,18?/m1/s1. The van der Waals surface area contributed by atoms with Gasteiger partial charge in [0.15, 0.2) is 0 Å². The number of nitrogens with one attached hydrogen (secondary N) is 2. The second-order valence-corrected chi connectivity index (χ2v) is 10.4. The molecule has 3 fully saturated rings. The van der Waals surface area contributed by atoms with Crippen LogP contribution in [0.15, 0.2) is 0 Å². The molecule has 0 saturated carbocycles. The lowest BCUT2D eigenvalue weighted by atomic mass is 9.70. The minimum atomic E-state index is -0.668. The first kappa shape index (κ1) is 20.9. The van der Waals surface area contributed by atoms with Gasteiger partial charge in [-0.2, -0.15) is 0 Å². The Morgan fingerprint density at radius 1 is 1.44 bits per heavy atom. The van der Waals surface area contributed by atoms with Crippen molar-refractivity contribution in [1.82, 2.24) is 15.5 Å². The molecule has 27 heavy (non-hydrogen) atoms. The van der Waals surface area contributed by atoms with Crippen LogP contribution in [0.4, 0.5) is 0 Å². The molecule has 3 N–H and O–H groups in total. The zero-order valence-corrected chi connectivity index (χ0v) is 18.3. The first-order valence-electron chi connectivity index (χ1n) is 9.58. The molecule has 1 spiro atoms. The molecule has 0 aromatic rings. The zero-order chi connectivity index (χ0) is 19.9. The van der Waals surface area contributed by atoms with E-state index in [4.69, 9.17) is 0 Å². The minimum absolute atomic E-state index is 0.0311. The van der Waals surface area contributed by atoms with E-state index in [0.29, 0.717) is 13.0 Å². The quantitative estimate of drug-likeness (QED) is 0.378. The molecule has 7 atom stereocenters. The second kappa shape index (κ2) is 7.91. The number of fused-ring (bicyclic) bond motifs is 1. The van der Waals surface area contributed by atoms with Crippen LogP contribution >= 0.6 is 27.7 Å². The van der Waals surface area contributed by atoms with Crippen LogP contribution in [0.25, 0.3) is 0 Å². The summed E-state index contributed by atoms with van der Waals surface area (Å²) in [5, 5.41) is 15.3. The van der Waals surface area contributed by atoms with Crippen molar-refractivity contribution >= 4 is 45.4 Å². The van der Waals surface area contributed by atoms with Gasteiger partial charge in [0.05, 0.1) is 29.2 Å². The molecular formula is C18H28BrN3O4S. The summed E-state index contributed by atoms with van der Waals surface area (Å²) in [6.07, 6.45) is 2.50. The van der Waals surface area contributed by atoms with E-state index in [9.17, 15) is 19.5 Å². The Kier molecular flexibility index (Phi) is 6.13. The molecular weight excluding hydrogens is 434 g/mol. The molecule has 3 saturated heterocycles. The van der Waals surface area contributed by atoms with Crippen LogP contribution in [0.2, 0.25) is 0 Å². The topological polar surface area (TPSA) is 98.7 Å². The van der Waals surface area contributed by atoms with E-state index in [1.807, 2.05) is 0 Å². The first-order valence-corrected chi connectivity index (χ1v) is 11.4. The van der Waals surface area contributed by atoms with Gasteiger partial charge >= 0.3 is 0 Å². The summed E-state index contributed by atoms with van der Waals surface area (Å²) in [7, 11) is 1.58. The third kappa shape index (κ3) is 3.09. The van der Waals surface area contributed by atoms with Crippen LogP contribution in [-0.4, -0.2) is 74.8 Å². The molecule has 3 heterocycles. The fourth-order valence-corrected chi connectivity index (χ4v) is 8.48. The average molecular weight is 462 g/mol. The van der Waals surface area contributed by atoms with Gasteiger partial charge < -0.3 is 20.6 Å². The van der Waals surface area contributed by atoms with Crippen molar-refractivity contribution in [2.24, 2.45) is 11.8 Å². The summed E-state index contributed by atoms with van der Waals surface area (Å²) in [4.78, 5) is 40.8. The molecule has 3 rings (SSSR count). The van der Waals surface area contributed by atoms with Gasteiger partial charge in [-0.1, -0.05) is 29.3 Å². The Balaban J connectivity index is 2.00. The molecule has 0 aromatic heterocycles. The number of likely N-dealkylation sites (tertiary alicyclic amines) is 1. The molecule has 3 aliphatic rings. The number of aliphatic hydroxyl groups is 1. The Bertz CT molecular complexity index is 636. The van der Waals surface area contributed by atoms with Crippen molar-refractivity contribution in [2.45, 2.75) is 60.0 Å². The second-order valence-electron chi connectivity index (χ2n) is 7.70. The third-order valence-corrected chi connectivity index (χ3v) is 9.31. The Hall–Kier alpha value is -0.800. The fraction of sp³-hybridized carbons (Fsp3) is 0.833. The van der Waals surface area contributed by atoms with Crippen molar-refractivity contribution in [3.8, 4) is 0 Å². The Morgan fingerprint density at radius 2 is 2.15 bits per heavy atom. The van der Waals surface area contributed by atoms with Gasteiger partial charge in [-0.3, -0.25) is 14.4 Å². The number of halogens is 1. The van der Waals surface area contributed by atoms with E-state index in [1.54, 1.807) is 25.7 Å². The first-order chi connectivity index (χ1) is 12.8. The summed E-state index contributed by atoms with van der Waals surface area (Å²) >= 11 is 5.30. The van der Waals surface area contributed by atoms with Crippen molar-refractivity contribution in [3.63, 3.8) is 0 Å². The van der Waals surface area contributed by atoms with Gasteiger partial charge in [-0.05, 0) is 19.8 Å². The van der Waals surface area contributed by atoms with Gasteiger partial charge in [0.1, 0.15) is 6.04 Å². The number of alkyl halides is 1. The molecule has 3 amide bonds. The summed E-state index contributed by atoms with van der Waals surface area (Å²) in [6.45, 7) is 4.15. The highest BCUT2D eigenvalue weighted by Crippen LogP contribution is 2.67. The number of amides is 3. The maximum absolute atomic E-state index is 13.4. The smallest absolute Gasteiger partial charge is 0.244 e. The Morgan fingerprint density at radius 3 is 2.74 bits per heavy atom. The summed E-state index contributed by atoms with van der Waals surface area (Å²) < 4.78 is -0.632. The number of unbranched alkanes of at least 4 members (excludes halogenated alkanes) is 1. The predicted molar refractivity (Wildman–Crippen MR) is 108 cm³/mol. The number of rotatable bonds is 7. The van der Waals surface area contributed by atoms with Crippen LogP contribution in [0.1, 0.15) is 33.1 Å². The van der Waals surface area contributed by atoms with Gasteiger partial charge in [0.2, 0.25) is 17.7 Å². The lowest BCUT2D eigenvalue weighted by Gasteiger charge is -2.36. The van der Waals surface area contributed by atoms with Crippen molar-refractivity contribution in [3.05, 3.63) is 0 Å². The largest absolute Gasteiger partial charge is 0.394 e. The van der Waals surface area contributed by atoms with Gasteiger partial charge in [0.25, 0.3) is 0 Å². The molecule has 152 valence electrons. The van der Waals surface area contributed by atoms with Gasteiger partial charge in [-0.15, -0.1) is 11.8 Å². The number of thioether (sulfide) groups is 1. The molecule has 3 aliphatic heterocycles. The number of nitrogens with zero attached hydrogens (tertiary/aromatic N) is 1. The number of carbonyl (C=O) groups excluding carboxylic acids is 3. The molecule has 7 nitrogen and oxygen atoms in total. The maximum Gasteiger partial charge on any atom is 0.244 e. The van der Waals surface area contributed by atoms with Gasteiger partial charge in [0, 0.05) is 23.7 Å². The highest BCUT2D eigenvalue weighted by Gasteiger charge is 2.75. The number of carbonyl (C=O) groups is 3. The predicted octanol–water partition coefficient (Wildman–Crippen LogP) is 0.494. The third-order valence-electron chi connectivity index (χ3n) is 6.09. The van der Waals surface area contributed by atoms with Crippen LogP contribution in [0.5, 0.6) is 0 Å². The monoisotopic (exact) mass is 461 g/mol. The van der Waals surface area contributed by atoms with E-state index >= 15 is 0 Å². The Labute approximate surface area is 172 Å². The lowest BCUT2D eigenvalue weighted by Crippen LogP contribution is -2.56. The van der Waals surface area contributed by atoms with Crippen LogP contribution in [0.3, 0.4) is 0 Å². The highest BCUT2D eigenvalue weighted by molar-refractivity contribution is 9.09. The number of aliphatic hydroxyl groups excluding tert-OH is 1. The van der Waals surface area contributed by atoms with Crippen molar-refractivity contribution in [2.75, 3.05) is 20.2 Å². The normalized spacial score (nSPS) is 38.0. The fourth-order valence-electron chi connectivity index (χ4n) is 4.88. The minimum Gasteiger partial charge on any atom is -0.394 e. The van der Waals surface area contributed by atoms with E-state index < -0.39 is 28.7 Å². The molecule has 0 aliphatic carbocycles. The summed E-state index contributed by atoms with van der Waals surface area (Å²) in [5.41, 5.74) is 0. The molecule has 0 aromatic carbocycles. The van der Waals surface area contributed by atoms with E-state index in [2.05, 4.69) is 33.5 Å². The highest BCUT2D eigenvalue weighted by atomic mass is 79.9. The lowest BCUT2D eigenvalue weighted by molar-refractivity contribution is -0.142. The summed E-state index contributed by atoms with van der Waals surface area (Å²) in [6, 6.07) is -1.14. The van der Waals surface area contributed by atoms with E-state index in [-0.39, 0.29) is 34.4 Å². The van der Waals surface area contributed by atoms with Crippen LogP contribution in [0, 0.1) is 11.8 Å². The van der Waals surface area contributed by atoms with Gasteiger partial charge in [-0.25, -0.2) is 0 Å². The van der Waals surface area contributed by atoms with E-state index in [0.717, 1.165) is 12.8 Å². The van der Waals surface area contributed by atoms with Crippen LogP contribution in [-0.2, 0) is 14.4 Å². The maximum atomic E-state index is 13.4. The van der Waals surface area contributed by atoms with E-state index in [1.165, 1.54) is 4.90 Å². The van der Waals surface area contributed by atoms with Crippen molar-refractivity contribution < 1.29 is 19.5 Å². The average Bonchev–Trinajstić information content (AvgIpc) is 3.24. The molecule has 9 heteroatoms. The van der Waals surface area contributed by atoms with Crippen LogP contribution < -0.4 is 10.6 Å². The summed E-state index contributed by atoms with van der Waals surface area (Å²) in [5.74, 6) is -1.51.